The quantitative estimate of drug-likeness (QED) is 0.585. The second-order valence-corrected chi connectivity index (χ2v) is 11.5. The zero-order valence-electron chi connectivity index (χ0n) is 21.7. The lowest BCUT2D eigenvalue weighted by molar-refractivity contribution is -0.121. The van der Waals surface area contributed by atoms with Gasteiger partial charge in [-0.2, -0.15) is 5.26 Å². The van der Waals surface area contributed by atoms with Crippen LogP contribution in [0.1, 0.15) is 58.6 Å². The summed E-state index contributed by atoms with van der Waals surface area (Å²) in [4.78, 5) is 32.0. The van der Waals surface area contributed by atoms with E-state index in [1.165, 1.54) is 12.5 Å². The first-order valence-electron chi connectivity index (χ1n) is 12.5. The van der Waals surface area contributed by atoms with Gasteiger partial charge in [0.1, 0.15) is 29.4 Å². The van der Waals surface area contributed by atoms with Gasteiger partial charge in [-0.3, -0.25) is 0 Å². The number of aromatic nitrogens is 3. The van der Waals surface area contributed by atoms with Gasteiger partial charge in [0.15, 0.2) is 0 Å². The number of amides is 1. The van der Waals surface area contributed by atoms with Gasteiger partial charge in [0.05, 0.1) is 11.6 Å². The highest BCUT2D eigenvalue weighted by Gasteiger charge is 2.63. The molecule has 0 N–H and O–H groups in total. The Balaban J connectivity index is 1.51. The molecule has 2 fully saturated rings. The van der Waals surface area contributed by atoms with Gasteiger partial charge in [-0.15, -0.1) is 0 Å². The maximum absolute atomic E-state index is 14.4. The molecule has 1 saturated carbocycles. The number of hydrogen-bond acceptors (Lipinski definition) is 8. The summed E-state index contributed by atoms with van der Waals surface area (Å²) in [7, 11) is 0. The topological polar surface area (TPSA) is 98.5 Å². The largest absolute Gasteiger partial charge is 0.444 e. The fourth-order valence-corrected chi connectivity index (χ4v) is 5.77. The Labute approximate surface area is 215 Å². The van der Waals surface area contributed by atoms with Gasteiger partial charge in [-0.1, -0.05) is 0 Å². The van der Waals surface area contributed by atoms with Crippen molar-refractivity contribution < 1.29 is 18.3 Å². The summed E-state index contributed by atoms with van der Waals surface area (Å²) in [5, 5.41) is 9.36. The number of hydrogen-bond donors (Lipinski definition) is 0. The number of nitriles is 1. The third-order valence-corrected chi connectivity index (χ3v) is 7.29. The van der Waals surface area contributed by atoms with Gasteiger partial charge in [0.25, 0.3) is 0 Å². The molecule has 0 aromatic carbocycles. The summed E-state index contributed by atoms with van der Waals surface area (Å²) < 4.78 is 34.3. The molecular weight excluding hydrogens is 480 g/mol. The Bertz CT molecular complexity index is 1260. The van der Waals surface area contributed by atoms with E-state index in [9.17, 15) is 18.8 Å². The van der Waals surface area contributed by atoms with Crippen LogP contribution in [0.2, 0.25) is 0 Å². The molecule has 9 nitrogen and oxygen atoms in total. The van der Waals surface area contributed by atoms with Crippen LogP contribution in [0.15, 0.2) is 24.7 Å². The van der Waals surface area contributed by atoms with Gasteiger partial charge >= 0.3 is 6.09 Å². The molecule has 3 aliphatic rings. The summed E-state index contributed by atoms with van der Waals surface area (Å²) >= 11 is 0. The molecule has 0 bridgehead atoms. The van der Waals surface area contributed by atoms with E-state index in [-0.39, 0.29) is 37.6 Å². The minimum absolute atomic E-state index is 0.130. The Morgan fingerprint density at radius 2 is 1.84 bits per heavy atom. The number of pyridine rings is 1. The molecule has 4 heterocycles. The number of piperazine rings is 1. The standard InChI is InChI=1S/C26H31F2N7O2/c1-16-11-34(23(36)37-24(3,4)5)17(2)10-33(16)21-20-22(32-15-31-21)35(14-25(20)12-26(27,28)13-25)19-8-18(9-29)6-7-30-19/h6-8,15-17H,10-14H2,1-5H3/t16-,17+/m0/s1. The molecule has 5 rings (SSSR count). The predicted molar refractivity (Wildman–Crippen MR) is 133 cm³/mol. The number of carbonyl (C=O) groups is 1. The van der Waals surface area contributed by atoms with Gasteiger partial charge < -0.3 is 19.4 Å². The van der Waals surface area contributed by atoms with Crippen LogP contribution in [-0.4, -0.2) is 69.2 Å². The van der Waals surface area contributed by atoms with Crippen LogP contribution in [-0.2, 0) is 10.2 Å². The van der Waals surface area contributed by atoms with Crippen molar-refractivity contribution >= 4 is 23.5 Å². The van der Waals surface area contributed by atoms with Crippen LogP contribution in [0.4, 0.5) is 31.0 Å². The van der Waals surface area contributed by atoms with E-state index in [4.69, 9.17) is 4.74 Å². The normalized spacial score (nSPS) is 23.9. The number of anilines is 3. The van der Waals surface area contributed by atoms with Crippen LogP contribution in [0, 0.1) is 11.3 Å². The van der Waals surface area contributed by atoms with E-state index >= 15 is 0 Å². The van der Waals surface area contributed by atoms with E-state index < -0.39 is 16.9 Å². The smallest absolute Gasteiger partial charge is 0.410 e. The predicted octanol–water partition coefficient (Wildman–Crippen LogP) is 4.40. The molecule has 37 heavy (non-hydrogen) atoms. The van der Waals surface area contributed by atoms with Crippen molar-refractivity contribution in [3.8, 4) is 6.07 Å². The van der Waals surface area contributed by atoms with Crippen molar-refractivity contribution in [1.82, 2.24) is 19.9 Å². The summed E-state index contributed by atoms with van der Waals surface area (Å²) in [6.07, 6.45) is 2.01. The van der Waals surface area contributed by atoms with Crippen molar-refractivity contribution in [2.24, 2.45) is 0 Å². The molecule has 1 amide bonds. The van der Waals surface area contributed by atoms with Gasteiger partial charge in [0, 0.05) is 61.7 Å². The molecular formula is C26H31F2N7O2. The van der Waals surface area contributed by atoms with Gasteiger partial charge in [-0.25, -0.2) is 28.5 Å². The lowest BCUT2D eigenvalue weighted by Crippen LogP contribution is -2.60. The van der Waals surface area contributed by atoms with Crippen molar-refractivity contribution in [1.29, 1.82) is 5.26 Å². The Morgan fingerprint density at radius 3 is 2.49 bits per heavy atom. The minimum Gasteiger partial charge on any atom is -0.444 e. The monoisotopic (exact) mass is 511 g/mol. The fourth-order valence-electron chi connectivity index (χ4n) is 5.77. The zero-order valence-corrected chi connectivity index (χ0v) is 21.7. The summed E-state index contributed by atoms with van der Waals surface area (Å²) in [6.45, 7) is 10.6. The molecule has 2 aromatic rings. The summed E-state index contributed by atoms with van der Waals surface area (Å²) in [6, 6.07) is 5.05. The first-order chi connectivity index (χ1) is 17.3. The third-order valence-electron chi connectivity index (χ3n) is 7.29. The molecule has 1 aliphatic carbocycles. The number of alkyl halides is 2. The average Bonchev–Trinajstić information content (AvgIpc) is 3.13. The minimum atomic E-state index is -2.77. The highest BCUT2D eigenvalue weighted by atomic mass is 19.3. The van der Waals surface area contributed by atoms with Crippen molar-refractivity contribution in [2.75, 3.05) is 29.4 Å². The van der Waals surface area contributed by atoms with E-state index in [0.29, 0.717) is 41.7 Å². The highest BCUT2D eigenvalue weighted by molar-refractivity contribution is 5.76. The molecule has 196 valence electrons. The van der Waals surface area contributed by atoms with Crippen molar-refractivity contribution in [3.63, 3.8) is 0 Å². The summed E-state index contributed by atoms with van der Waals surface area (Å²) in [5.74, 6) is -1.12. The first-order valence-corrected chi connectivity index (χ1v) is 12.5. The third kappa shape index (κ3) is 4.43. The Morgan fingerprint density at radius 1 is 1.14 bits per heavy atom. The molecule has 0 unspecified atom stereocenters. The summed E-state index contributed by atoms with van der Waals surface area (Å²) in [5.41, 5.74) is -0.311. The van der Waals surface area contributed by atoms with Crippen LogP contribution in [0.5, 0.6) is 0 Å². The number of ether oxygens (including phenoxy) is 1. The molecule has 1 saturated heterocycles. The Hall–Kier alpha value is -3.55. The van der Waals surface area contributed by atoms with Gasteiger partial charge in [-0.05, 0) is 46.8 Å². The highest BCUT2D eigenvalue weighted by Crippen LogP contribution is 2.61. The second-order valence-electron chi connectivity index (χ2n) is 11.5. The van der Waals surface area contributed by atoms with Crippen LogP contribution in [0.25, 0.3) is 0 Å². The zero-order chi connectivity index (χ0) is 26.8. The molecule has 11 heteroatoms. The second kappa shape index (κ2) is 8.50. The maximum atomic E-state index is 14.4. The lowest BCUT2D eigenvalue weighted by Gasteiger charge is -2.48. The molecule has 1 spiro atoms. The number of fused-ring (bicyclic) bond motifs is 2. The molecule has 2 aromatic heterocycles. The maximum Gasteiger partial charge on any atom is 0.410 e. The molecule has 0 radical (unpaired) electrons. The van der Waals surface area contributed by atoms with Crippen molar-refractivity contribution in [2.45, 2.75) is 76.5 Å². The van der Waals surface area contributed by atoms with Crippen molar-refractivity contribution in [3.05, 3.63) is 35.8 Å². The van der Waals surface area contributed by atoms with E-state index in [1.54, 1.807) is 17.0 Å². The first kappa shape index (κ1) is 25.1. The van der Waals surface area contributed by atoms with Crippen LogP contribution < -0.4 is 9.80 Å². The lowest BCUT2D eigenvalue weighted by atomic mass is 9.63. The SMILES string of the molecule is C[C@@H]1CN(c2ncnc3c2C2(CN3c3cc(C#N)ccn3)CC(F)(F)C2)[C@@H](C)CN1C(=O)OC(C)(C)C. The average molecular weight is 512 g/mol. The molecule has 2 aliphatic heterocycles. The van der Waals surface area contributed by atoms with Gasteiger partial charge in [0.2, 0.25) is 5.92 Å². The molecule has 2 atom stereocenters. The number of halogens is 2. The number of rotatable bonds is 2. The number of carbonyl (C=O) groups excluding carboxylic acids is 1. The Kier molecular flexibility index (Phi) is 5.77. The van der Waals surface area contributed by atoms with Crippen LogP contribution >= 0.6 is 0 Å². The van der Waals surface area contributed by atoms with Crippen LogP contribution in [0.3, 0.4) is 0 Å². The number of nitrogens with zero attached hydrogens (tertiary/aromatic N) is 7. The fraction of sp³-hybridized carbons (Fsp3) is 0.577. The van der Waals surface area contributed by atoms with E-state index in [1.807, 2.05) is 39.5 Å². The van der Waals surface area contributed by atoms with E-state index in [2.05, 4.69) is 25.9 Å². The van der Waals surface area contributed by atoms with E-state index in [0.717, 1.165) is 0 Å².